The lowest BCUT2D eigenvalue weighted by Crippen LogP contribution is -2.11. The molecule has 0 amide bonds. The van der Waals surface area contributed by atoms with Crippen LogP contribution in [0.5, 0.6) is 5.75 Å². The third-order valence-electron chi connectivity index (χ3n) is 3.36. The van der Waals surface area contributed by atoms with E-state index in [9.17, 15) is 4.79 Å². The lowest BCUT2D eigenvalue weighted by atomic mass is 10.2. The van der Waals surface area contributed by atoms with Crippen LogP contribution in [0.1, 0.15) is 21.7 Å². The fourth-order valence-electron chi connectivity index (χ4n) is 2.18. The minimum atomic E-state index is -0.534. The molecule has 23 heavy (non-hydrogen) atoms. The number of hydrogen-bond donors (Lipinski definition) is 0. The summed E-state index contributed by atoms with van der Waals surface area (Å²) in [7, 11) is 0. The third kappa shape index (κ3) is 3.24. The van der Waals surface area contributed by atoms with E-state index < -0.39 is 5.97 Å². The molecule has 0 bridgehead atoms. The van der Waals surface area contributed by atoms with Crippen molar-refractivity contribution in [1.82, 2.24) is 15.0 Å². The Labute approximate surface area is 138 Å². The zero-order chi connectivity index (χ0) is 16.4. The second-order valence-electron chi connectivity index (χ2n) is 5.12. The molecule has 1 aromatic heterocycles. The molecular weight excluding hydrogens is 314 g/mol. The normalized spacial score (nSPS) is 10.6. The Balaban J connectivity index is 1.86. The van der Waals surface area contributed by atoms with Crippen LogP contribution in [-0.4, -0.2) is 21.0 Å². The van der Waals surface area contributed by atoms with Crippen molar-refractivity contribution in [3.05, 3.63) is 70.5 Å². The average Bonchev–Trinajstić information content (AvgIpc) is 2.90. The zero-order valence-electron chi connectivity index (χ0n) is 12.7. The first-order valence-electron chi connectivity index (χ1n) is 7.01. The fraction of sp³-hybridized carbons (Fsp3) is 0.118. The quantitative estimate of drug-likeness (QED) is 0.543. The molecule has 0 aliphatic carbocycles. The SMILES string of the molecule is Cc1cccc(OC(=O)c2nnn(-c3ccc(Cl)cc3)c2C)c1. The average molecular weight is 328 g/mol. The molecule has 0 radical (unpaired) electrons. The second-order valence-corrected chi connectivity index (χ2v) is 5.55. The molecule has 0 fully saturated rings. The molecule has 1 heterocycles. The van der Waals surface area contributed by atoms with E-state index >= 15 is 0 Å². The largest absolute Gasteiger partial charge is 0.422 e. The predicted octanol–water partition coefficient (Wildman–Crippen LogP) is 3.76. The van der Waals surface area contributed by atoms with Gasteiger partial charge in [0.25, 0.3) is 0 Å². The molecule has 0 aliphatic rings. The van der Waals surface area contributed by atoms with Crippen LogP contribution < -0.4 is 4.74 Å². The number of halogens is 1. The Bertz CT molecular complexity index is 857. The molecule has 3 rings (SSSR count). The van der Waals surface area contributed by atoms with Gasteiger partial charge in [-0.1, -0.05) is 28.9 Å². The van der Waals surface area contributed by atoms with Gasteiger partial charge in [-0.15, -0.1) is 5.10 Å². The van der Waals surface area contributed by atoms with Gasteiger partial charge in [-0.25, -0.2) is 9.48 Å². The number of benzene rings is 2. The molecular formula is C17H14ClN3O2. The third-order valence-corrected chi connectivity index (χ3v) is 3.61. The van der Waals surface area contributed by atoms with E-state index in [1.165, 1.54) is 0 Å². The first kappa shape index (κ1) is 15.2. The van der Waals surface area contributed by atoms with Crippen LogP contribution in [0, 0.1) is 13.8 Å². The van der Waals surface area contributed by atoms with Gasteiger partial charge in [-0.2, -0.15) is 0 Å². The molecule has 6 heteroatoms. The van der Waals surface area contributed by atoms with Crippen LogP contribution in [0.25, 0.3) is 5.69 Å². The smallest absolute Gasteiger partial charge is 0.366 e. The summed E-state index contributed by atoms with van der Waals surface area (Å²) in [5, 5.41) is 8.59. The lowest BCUT2D eigenvalue weighted by Gasteiger charge is -2.05. The van der Waals surface area contributed by atoms with E-state index in [4.69, 9.17) is 16.3 Å². The zero-order valence-corrected chi connectivity index (χ0v) is 13.4. The van der Waals surface area contributed by atoms with Gasteiger partial charge in [0.2, 0.25) is 0 Å². The van der Waals surface area contributed by atoms with Crippen LogP contribution in [0.15, 0.2) is 48.5 Å². The number of rotatable bonds is 3. The highest BCUT2D eigenvalue weighted by Crippen LogP contribution is 2.18. The molecule has 2 aromatic carbocycles. The number of aromatic nitrogens is 3. The van der Waals surface area contributed by atoms with Crippen molar-refractivity contribution in [3.8, 4) is 11.4 Å². The van der Waals surface area contributed by atoms with Crippen molar-refractivity contribution in [3.63, 3.8) is 0 Å². The van der Waals surface area contributed by atoms with E-state index in [1.807, 2.05) is 19.1 Å². The van der Waals surface area contributed by atoms with E-state index in [0.29, 0.717) is 16.5 Å². The maximum absolute atomic E-state index is 12.3. The highest BCUT2D eigenvalue weighted by molar-refractivity contribution is 6.30. The maximum Gasteiger partial charge on any atom is 0.366 e. The summed E-state index contributed by atoms with van der Waals surface area (Å²) in [5.74, 6) is -0.0521. The van der Waals surface area contributed by atoms with E-state index in [-0.39, 0.29) is 5.69 Å². The summed E-state index contributed by atoms with van der Waals surface area (Å²) in [6, 6.07) is 14.4. The summed E-state index contributed by atoms with van der Waals surface area (Å²) in [6.45, 7) is 3.70. The molecule has 0 atom stereocenters. The Morgan fingerprint density at radius 2 is 1.87 bits per heavy atom. The number of carbonyl (C=O) groups excluding carboxylic acids is 1. The first-order valence-corrected chi connectivity index (χ1v) is 7.39. The number of nitrogens with zero attached hydrogens (tertiary/aromatic N) is 3. The number of carbonyl (C=O) groups is 1. The summed E-state index contributed by atoms with van der Waals surface area (Å²) < 4.78 is 6.93. The summed E-state index contributed by atoms with van der Waals surface area (Å²) in [6.07, 6.45) is 0. The number of esters is 1. The predicted molar refractivity (Wildman–Crippen MR) is 87.2 cm³/mol. The summed E-state index contributed by atoms with van der Waals surface area (Å²) >= 11 is 5.88. The van der Waals surface area contributed by atoms with Crippen LogP contribution >= 0.6 is 11.6 Å². The van der Waals surface area contributed by atoms with Gasteiger partial charge in [0.1, 0.15) is 5.75 Å². The monoisotopic (exact) mass is 327 g/mol. The van der Waals surface area contributed by atoms with Crippen molar-refractivity contribution in [2.75, 3.05) is 0 Å². The number of ether oxygens (including phenoxy) is 1. The Hall–Kier alpha value is -2.66. The van der Waals surface area contributed by atoms with Crippen molar-refractivity contribution in [2.45, 2.75) is 13.8 Å². The Kier molecular flexibility index (Phi) is 4.12. The van der Waals surface area contributed by atoms with Crippen LogP contribution in [0.3, 0.4) is 0 Å². The van der Waals surface area contributed by atoms with Gasteiger partial charge < -0.3 is 4.74 Å². The maximum atomic E-state index is 12.3. The minimum Gasteiger partial charge on any atom is -0.422 e. The first-order chi connectivity index (χ1) is 11.0. The van der Waals surface area contributed by atoms with E-state index in [2.05, 4.69) is 10.3 Å². The Morgan fingerprint density at radius 3 is 2.57 bits per heavy atom. The van der Waals surface area contributed by atoms with Crippen LogP contribution in [0.2, 0.25) is 5.02 Å². The van der Waals surface area contributed by atoms with Gasteiger partial charge in [-0.3, -0.25) is 0 Å². The molecule has 5 nitrogen and oxygen atoms in total. The van der Waals surface area contributed by atoms with E-state index in [0.717, 1.165) is 11.3 Å². The van der Waals surface area contributed by atoms with Crippen LogP contribution in [0.4, 0.5) is 0 Å². The summed E-state index contributed by atoms with van der Waals surface area (Å²) in [4.78, 5) is 12.3. The molecule has 116 valence electrons. The number of aryl methyl sites for hydroxylation is 1. The van der Waals surface area contributed by atoms with E-state index in [1.54, 1.807) is 48.0 Å². The Morgan fingerprint density at radius 1 is 1.13 bits per heavy atom. The highest BCUT2D eigenvalue weighted by Gasteiger charge is 2.19. The van der Waals surface area contributed by atoms with Gasteiger partial charge in [0.05, 0.1) is 11.4 Å². The van der Waals surface area contributed by atoms with Crippen molar-refractivity contribution < 1.29 is 9.53 Å². The second kappa shape index (κ2) is 6.22. The van der Waals surface area contributed by atoms with Crippen molar-refractivity contribution >= 4 is 17.6 Å². The van der Waals surface area contributed by atoms with Gasteiger partial charge in [-0.05, 0) is 55.8 Å². The fourth-order valence-corrected chi connectivity index (χ4v) is 2.31. The topological polar surface area (TPSA) is 57.0 Å². The molecule has 3 aromatic rings. The standard InChI is InChI=1S/C17H14ClN3O2/c1-11-4-3-5-15(10-11)23-17(22)16-12(2)21(20-19-16)14-8-6-13(18)7-9-14/h3-10H,1-2H3. The number of hydrogen-bond acceptors (Lipinski definition) is 4. The highest BCUT2D eigenvalue weighted by atomic mass is 35.5. The minimum absolute atomic E-state index is 0.182. The van der Waals surface area contributed by atoms with Crippen molar-refractivity contribution in [2.24, 2.45) is 0 Å². The van der Waals surface area contributed by atoms with Crippen molar-refractivity contribution in [1.29, 1.82) is 0 Å². The molecule has 0 unspecified atom stereocenters. The van der Waals surface area contributed by atoms with Gasteiger partial charge >= 0.3 is 5.97 Å². The molecule has 0 saturated carbocycles. The molecule has 0 saturated heterocycles. The molecule has 0 spiro atoms. The summed E-state index contributed by atoms with van der Waals surface area (Å²) in [5.41, 5.74) is 2.57. The lowest BCUT2D eigenvalue weighted by molar-refractivity contribution is 0.0727. The van der Waals surface area contributed by atoms with Crippen LogP contribution in [-0.2, 0) is 0 Å². The molecule has 0 N–H and O–H groups in total. The van der Waals surface area contributed by atoms with Gasteiger partial charge in [0.15, 0.2) is 5.69 Å². The van der Waals surface area contributed by atoms with Gasteiger partial charge in [0, 0.05) is 5.02 Å². The molecule has 0 aliphatic heterocycles.